The van der Waals surface area contributed by atoms with Gasteiger partial charge in [0.25, 0.3) is 0 Å². The first-order chi connectivity index (χ1) is 16.7. The van der Waals surface area contributed by atoms with Crippen LogP contribution in [0.15, 0.2) is 53.4 Å². The summed E-state index contributed by atoms with van der Waals surface area (Å²) in [5.74, 6) is -0.372. The number of halogens is 3. The summed E-state index contributed by atoms with van der Waals surface area (Å²) in [6.45, 7) is 2.16. The number of nitrogens with zero attached hydrogens (tertiary/aromatic N) is 2. The van der Waals surface area contributed by atoms with Gasteiger partial charge in [0.05, 0.1) is 23.0 Å². The van der Waals surface area contributed by atoms with Crippen molar-refractivity contribution in [2.24, 2.45) is 0 Å². The average Bonchev–Trinajstić information content (AvgIpc) is 2.78. The van der Waals surface area contributed by atoms with Crippen molar-refractivity contribution < 1.29 is 44.6 Å². The van der Waals surface area contributed by atoms with Crippen LogP contribution in [-0.2, 0) is 19.9 Å². The highest BCUT2D eigenvalue weighted by atomic mass is 32.2. The van der Waals surface area contributed by atoms with Crippen molar-refractivity contribution in [3.8, 4) is 17.2 Å². The standard InChI is InChI=1S/C22H27F3N2O7S2/c1-35(29,30)27-14-12-26(13-15-27)11-10-17(28)16-36(31,32)21-8-6-19(7-9-21)33-18-2-4-20(5-3-18)34-22(23,24)25/h2-9,17,28H,10-16H2,1H3. The number of benzene rings is 2. The van der Waals surface area contributed by atoms with E-state index in [0.717, 1.165) is 18.4 Å². The zero-order valence-electron chi connectivity index (χ0n) is 19.4. The minimum Gasteiger partial charge on any atom is -0.457 e. The highest BCUT2D eigenvalue weighted by molar-refractivity contribution is 7.91. The number of alkyl halides is 3. The molecule has 0 aromatic heterocycles. The van der Waals surface area contributed by atoms with E-state index in [1.807, 2.05) is 4.90 Å². The predicted molar refractivity (Wildman–Crippen MR) is 125 cm³/mol. The van der Waals surface area contributed by atoms with Gasteiger partial charge in [-0.2, -0.15) is 4.31 Å². The molecule has 1 heterocycles. The minimum atomic E-state index is -4.80. The van der Waals surface area contributed by atoms with Gasteiger partial charge in [0, 0.05) is 32.7 Å². The predicted octanol–water partition coefficient (Wildman–Crippen LogP) is 2.48. The first-order valence-corrected chi connectivity index (χ1v) is 14.4. The fourth-order valence-electron chi connectivity index (χ4n) is 3.61. The molecular formula is C22H27F3N2O7S2. The Morgan fingerprint density at radius 1 is 0.889 bits per heavy atom. The number of hydrogen-bond acceptors (Lipinski definition) is 8. The van der Waals surface area contributed by atoms with Gasteiger partial charge in [-0.15, -0.1) is 13.2 Å². The fourth-order valence-corrected chi connectivity index (χ4v) is 5.85. The summed E-state index contributed by atoms with van der Waals surface area (Å²) in [6, 6.07) is 10.2. The summed E-state index contributed by atoms with van der Waals surface area (Å²) < 4.78 is 95.9. The molecule has 0 radical (unpaired) electrons. The molecule has 1 saturated heterocycles. The number of hydrogen-bond donors (Lipinski definition) is 1. The lowest BCUT2D eigenvalue weighted by molar-refractivity contribution is -0.274. The summed E-state index contributed by atoms with van der Waals surface area (Å²) in [6.07, 6.45) is -4.53. The molecule has 1 unspecified atom stereocenters. The van der Waals surface area contributed by atoms with Crippen LogP contribution in [0.5, 0.6) is 17.2 Å². The molecule has 0 spiro atoms. The molecule has 3 rings (SSSR count). The molecule has 14 heteroatoms. The largest absolute Gasteiger partial charge is 0.573 e. The quantitative estimate of drug-likeness (QED) is 0.479. The molecule has 200 valence electrons. The summed E-state index contributed by atoms with van der Waals surface area (Å²) in [4.78, 5) is 1.97. The Morgan fingerprint density at radius 3 is 1.89 bits per heavy atom. The molecule has 9 nitrogen and oxygen atoms in total. The van der Waals surface area contributed by atoms with Crippen molar-refractivity contribution in [3.63, 3.8) is 0 Å². The second-order valence-corrected chi connectivity index (χ2v) is 12.3. The van der Waals surface area contributed by atoms with E-state index in [-0.39, 0.29) is 22.8 Å². The Bertz CT molecular complexity index is 1210. The zero-order valence-corrected chi connectivity index (χ0v) is 21.0. The Hall–Kier alpha value is -2.39. The molecule has 36 heavy (non-hydrogen) atoms. The van der Waals surface area contributed by atoms with Gasteiger partial charge in [-0.25, -0.2) is 16.8 Å². The van der Waals surface area contributed by atoms with Crippen LogP contribution in [0.2, 0.25) is 0 Å². The van der Waals surface area contributed by atoms with Crippen LogP contribution in [0.25, 0.3) is 0 Å². The summed E-state index contributed by atoms with van der Waals surface area (Å²) in [5.41, 5.74) is 0. The van der Waals surface area contributed by atoms with Gasteiger partial charge in [0.15, 0.2) is 9.84 Å². The minimum absolute atomic E-state index is 0.00964. The van der Waals surface area contributed by atoms with Gasteiger partial charge in [0.1, 0.15) is 17.2 Å². The molecule has 1 N–H and O–H groups in total. The first kappa shape index (κ1) is 28.2. The third-order valence-electron chi connectivity index (χ3n) is 5.47. The van der Waals surface area contributed by atoms with Crippen molar-refractivity contribution in [1.29, 1.82) is 0 Å². The van der Waals surface area contributed by atoms with Gasteiger partial charge >= 0.3 is 6.36 Å². The zero-order chi connectivity index (χ0) is 26.6. The highest BCUT2D eigenvalue weighted by Crippen LogP contribution is 2.28. The maximum absolute atomic E-state index is 12.7. The van der Waals surface area contributed by atoms with Crippen LogP contribution >= 0.6 is 0 Å². The van der Waals surface area contributed by atoms with E-state index in [9.17, 15) is 35.1 Å². The third-order valence-corrected chi connectivity index (χ3v) is 8.58. The van der Waals surface area contributed by atoms with E-state index in [1.165, 1.54) is 40.7 Å². The van der Waals surface area contributed by atoms with Crippen LogP contribution in [0.3, 0.4) is 0 Å². The maximum Gasteiger partial charge on any atom is 0.573 e. The third kappa shape index (κ3) is 8.62. The van der Waals surface area contributed by atoms with Crippen molar-refractivity contribution in [2.75, 3.05) is 44.7 Å². The van der Waals surface area contributed by atoms with Gasteiger partial charge < -0.3 is 19.5 Å². The molecule has 2 aromatic carbocycles. The summed E-state index contributed by atoms with van der Waals surface area (Å²) in [5, 5.41) is 10.3. The van der Waals surface area contributed by atoms with Crippen molar-refractivity contribution >= 4 is 19.9 Å². The number of sulfone groups is 1. The fraction of sp³-hybridized carbons (Fsp3) is 0.455. The molecule has 1 aliphatic heterocycles. The Morgan fingerprint density at radius 2 is 1.39 bits per heavy atom. The topological polar surface area (TPSA) is 113 Å². The lowest BCUT2D eigenvalue weighted by Gasteiger charge is -2.33. The lowest BCUT2D eigenvalue weighted by atomic mass is 10.2. The Labute approximate surface area is 208 Å². The summed E-state index contributed by atoms with van der Waals surface area (Å²) in [7, 11) is -7.03. The van der Waals surface area contributed by atoms with Crippen LogP contribution in [-0.4, -0.2) is 88.3 Å². The number of sulfonamides is 1. The molecule has 0 saturated carbocycles. The monoisotopic (exact) mass is 552 g/mol. The van der Waals surface area contributed by atoms with E-state index in [0.29, 0.717) is 32.7 Å². The van der Waals surface area contributed by atoms with Crippen LogP contribution in [0, 0.1) is 0 Å². The van der Waals surface area contributed by atoms with Gasteiger partial charge in [-0.3, -0.25) is 0 Å². The number of aliphatic hydroxyl groups excluding tert-OH is 1. The van der Waals surface area contributed by atoms with Crippen LogP contribution < -0.4 is 9.47 Å². The van der Waals surface area contributed by atoms with Gasteiger partial charge in [-0.05, 0) is 55.0 Å². The first-order valence-electron chi connectivity index (χ1n) is 10.9. The van der Waals surface area contributed by atoms with E-state index in [4.69, 9.17) is 4.74 Å². The molecule has 0 aliphatic carbocycles. The van der Waals surface area contributed by atoms with Crippen molar-refractivity contribution in [2.45, 2.75) is 23.8 Å². The lowest BCUT2D eigenvalue weighted by Crippen LogP contribution is -2.48. The smallest absolute Gasteiger partial charge is 0.457 e. The van der Waals surface area contributed by atoms with Gasteiger partial charge in [0.2, 0.25) is 10.0 Å². The number of rotatable bonds is 10. The van der Waals surface area contributed by atoms with E-state index in [2.05, 4.69) is 4.74 Å². The molecule has 1 atom stereocenters. The molecule has 1 aliphatic rings. The highest BCUT2D eigenvalue weighted by Gasteiger charge is 2.31. The number of ether oxygens (including phenoxy) is 2. The second-order valence-electron chi connectivity index (χ2n) is 8.32. The molecular weight excluding hydrogens is 525 g/mol. The SMILES string of the molecule is CS(=O)(=O)N1CCN(CCC(O)CS(=O)(=O)c2ccc(Oc3ccc(OC(F)(F)F)cc3)cc2)CC1. The molecule has 0 amide bonds. The van der Waals surface area contributed by atoms with E-state index in [1.54, 1.807) is 0 Å². The number of aliphatic hydroxyl groups is 1. The van der Waals surface area contributed by atoms with E-state index >= 15 is 0 Å². The maximum atomic E-state index is 12.7. The van der Waals surface area contributed by atoms with Gasteiger partial charge in [-0.1, -0.05) is 0 Å². The second kappa shape index (κ2) is 11.3. The Kier molecular flexibility index (Phi) is 8.88. The Balaban J connectivity index is 1.49. The van der Waals surface area contributed by atoms with Crippen LogP contribution in [0.4, 0.5) is 13.2 Å². The molecule has 1 fully saturated rings. The number of piperazine rings is 1. The van der Waals surface area contributed by atoms with E-state index < -0.39 is 43.8 Å². The average molecular weight is 553 g/mol. The summed E-state index contributed by atoms with van der Waals surface area (Å²) >= 11 is 0. The van der Waals surface area contributed by atoms with Crippen molar-refractivity contribution in [3.05, 3.63) is 48.5 Å². The molecule has 2 aromatic rings. The van der Waals surface area contributed by atoms with Crippen molar-refractivity contribution in [1.82, 2.24) is 9.21 Å². The molecule has 0 bridgehead atoms. The van der Waals surface area contributed by atoms with Crippen LogP contribution in [0.1, 0.15) is 6.42 Å². The normalized spacial score (nSPS) is 17.0.